The molecule has 2 amide bonds. The van der Waals surface area contributed by atoms with Crippen molar-refractivity contribution in [1.29, 1.82) is 0 Å². The second-order valence-electron chi connectivity index (χ2n) is 4.64. The van der Waals surface area contributed by atoms with Crippen molar-refractivity contribution in [1.82, 2.24) is 19.7 Å². The van der Waals surface area contributed by atoms with E-state index in [2.05, 4.69) is 10.1 Å². The molecule has 8 heteroatoms. The molecule has 0 saturated carbocycles. The lowest BCUT2D eigenvalue weighted by Gasteiger charge is -2.13. The topological polar surface area (TPSA) is 94.4 Å². The first kappa shape index (κ1) is 13.9. The van der Waals surface area contributed by atoms with Gasteiger partial charge in [0.25, 0.3) is 11.8 Å². The Morgan fingerprint density at radius 1 is 1.14 bits per heavy atom. The van der Waals surface area contributed by atoms with Gasteiger partial charge in [0.05, 0.1) is 17.5 Å². The monoisotopic (exact) mass is 300 g/mol. The number of carbonyl (C=O) groups excluding carboxylic acids is 3. The van der Waals surface area contributed by atoms with Crippen LogP contribution in [0.25, 0.3) is 0 Å². The standard InChI is InChI=1S/C14H12N4O4/c19-12(22-9-17-8-15-7-16-17)5-6-18-13(20)10-3-1-2-4-11(10)14(18)21/h1-4,7-8H,5-6,9H2. The highest BCUT2D eigenvalue weighted by Gasteiger charge is 2.35. The molecule has 2 heterocycles. The second kappa shape index (κ2) is 5.76. The molecule has 8 nitrogen and oxygen atoms in total. The summed E-state index contributed by atoms with van der Waals surface area (Å²) in [6.07, 6.45) is 2.67. The van der Waals surface area contributed by atoms with Crippen molar-refractivity contribution in [3.05, 3.63) is 48.0 Å². The van der Waals surface area contributed by atoms with E-state index in [0.29, 0.717) is 11.1 Å². The fraction of sp³-hybridized carbons (Fsp3) is 0.214. The molecule has 22 heavy (non-hydrogen) atoms. The number of rotatable bonds is 5. The van der Waals surface area contributed by atoms with Crippen LogP contribution in [0.4, 0.5) is 0 Å². The molecular formula is C14H12N4O4. The van der Waals surface area contributed by atoms with E-state index >= 15 is 0 Å². The molecule has 1 aromatic carbocycles. The van der Waals surface area contributed by atoms with Crippen molar-refractivity contribution in [2.45, 2.75) is 13.2 Å². The summed E-state index contributed by atoms with van der Waals surface area (Å²) in [5.41, 5.74) is 0.729. The number of esters is 1. The highest BCUT2D eigenvalue weighted by atomic mass is 16.5. The molecule has 0 unspecified atom stereocenters. The minimum atomic E-state index is -0.521. The maximum atomic E-state index is 12.1. The number of benzene rings is 1. The third-order valence-electron chi connectivity index (χ3n) is 3.24. The molecule has 3 rings (SSSR count). The number of imide groups is 1. The molecule has 0 aliphatic carbocycles. The highest BCUT2D eigenvalue weighted by Crippen LogP contribution is 2.22. The van der Waals surface area contributed by atoms with E-state index in [0.717, 1.165) is 4.90 Å². The van der Waals surface area contributed by atoms with Crippen LogP contribution in [0.2, 0.25) is 0 Å². The number of hydrogen-bond acceptors (Lipinski definition) is 6. The predicted octanol–water partition coefficient (Wildman–Crippen LogP) is 0.465. The van der Waals surface area contributed by atoms with Crippen molar-refractivity contribution >= 4 is 17.8 Å². The molecule has 0 N–H and O–H groups in total. The SMILES string of the molecule is O=C(CCN1C(=O)c2ccccc2C1=O)OCn1cncn1. The van der Waals surface area contributed by atoms with Crippen molar-refractivity contribution in [2.24, 2.45) is 0 Å². The summed E-state index contributed by atoms with van der Waals surface area (Å²) in [5, 5.41) is 3.79. The van der Waals surface area contributed by atoms with Gasteiger partial charge in [0, 0.05) is 6.54 Å². The first-order valence-corrected chi connectivity index (χ1v) is 6.60. The normalized spacial score (nSPS) is 13.4. The van der Waals surface area contributed by atoms with Crippen LogP contribution in [0.1, 0.15) is 27.1 Å². The Labute approximate surface area is 125 Å². The maximum absolute atomic E-state index is 12.1. The average Bonchev–Trinajstić information content (AvgIpc) is 3.13. The lowest BCUT2D eigenvalue weighted by atomic mass is 10.1. The largest absolute Gasteiger partial charge is 0.442 e. The van der Waals surface area contributed by atoms with E-state index < -0.39 is 5.97 Å². The van der Waals surface area contributed by atoms with Gasteiger partial charge in [-0.05, 0) is 12.1 Å². The minimum Gasteiger partial charge on any atom is -0.442 e. The zero-order valence-electron chi connectivity index (χ0n) is 11.5. The molecule has 1 aliphatic heterocycles. The van der Waals surface area contributed by atoms with Crippen LogP contribution < -0.4 is 0 Å². The van der Waals surface area contributed by atoms with Crippen LogP contribution in [0.5, 0.6) is 0 Å². The highest BCUT2D eigenvalue weighted by molar-refractivity contribution is 6.21. The van der Waals surface area contributed by atoms with Crippen molar-refractivity contribution in [3.63, 3.8) is 0 Å². The van der Waals surface area contributed by atoms with Crippen molar-refractivity contribution in [2.75, 3.05) is 6.54 Å². The molecule has 1 aromatic heterocycles. The van der Waals surface area contributed by atoms with Gasteiger partial charge in [-0.3, -0.25) is 19.3 Å². The average molecular weight is 300 g/mol. The predicted molar refractivity (Wildman–Crippen MR) is 72.5 cm³/mol. The Bertz CT molecular complexity index is 691. The molecule has 0 bridgehead atoms. The van der Waals surface area contributed by atoms with Gasteiger partial charge in [0.15, 0.2) is 6.73 Å². The number of carbonyl (C=O) groups is 3. The Hall–Kier alpha value is -3.03. The fourth-order valence-electron chi connectivity index (χ4n) is 2.16. The zero-order valence-corrected chi connectivity index (χ0v) is 11.5. The van der Waals surface area contributed by atoms with E-state index in [-0.39, 0.29) is 31.5 Å². The summed E-state index contributed by atoms with van der Waals surface area (Å²) < 4.78 is 6.31. The molecule has 0 radical (unpaired) electrons. The Morgan fingerprint density at radius 3 is 2.41 bits per heavy atom. The van der Waals surface area contributed by atoms with E-state index in [9.17, 15) is 14.4 Å². The maximum Gasteiger partial charge on any atom is 0.309 e. The molecule has 0 atom stereocenters. The first-order valence-electron chi connectivity index (χ1n) is 6.60. The van der Waals surface area contributed by atoms with Crippen LogP contribution in [0.3, 0.4) is 0 Å². The van der Waals surface area contributed by atoms with Gasteiger partial charge in [-0.25, -0.2) is 9.67 Å². The number of nitrogens with zero attached hydrogens (tertiary/aromatic N) is 4. The van der Waals surface area contributed by atoms with Crippen LogP contribution in [-0.2, 0) is 16.3 Å². The van der Waals surface area contributed by atoms with Gasteiger partial charge < -0.3 is 4.74 Å². The van der Waals surface area contributed by atoms with Crippen LogP contribution >= 0.6 is 0 Å². The summed E-state index contributed by atoms with van der Waals surface area (Å²) in [7, 11) is 0. The first-order chi connectivity index (χ1) is 10.7. The van der Waals surface area contributed by atoms with Gasteiger partial charge in [-0.1, -0.05) is 12.1 Å². The van der Waals surface area contributed by atoms with Gasteiger partial charge in [-0.15, -0.1) is 0 Å². The van der Waals surface area contributed by atoms with Crippen molar-refractivity contribution in [3.8, 4) is 0 Å². The molecule has 0 spiro atoms. The van der Waals surface area contributed by atoms with Gasteiger partial charge >= 0.3 is 5.97 Å². The second-order valence-corrected chi connectivity index (χ2v) is 4.64. The van der Waals surface area contributed by atoms with Crippen molar-refractivity contribution < 1.29 is 19.1 Å². The summed E-state index contributed by atoms with van der Waals surface area (Å²) in [4.78, 5) is 40.6. The molecule has 1 aliphatic rings. The summed E-state index contributed by atoms with van der Waals surface area (Å²) >= 11 is 0. The molecule has 0 fully saturated rings. The Morgan fingerprint density at radius 2 is 1.82 bits per heavy atom. The molecule has 112 valence electrons. The molecule has 2 aromatic rings. The minimum absolute atomic E-state index is 0.0114. The Balaban J connectivity index is 1.55. The molecule has 0 saturated heterocycles. The fourth-order valence-corrected chi connectivity index (χ4v) is 2.16. The lowest BCUT2D eigenvalue weighted by Crippen LogP contribution is -2.32. The smallest absolute Gasteiger partial charge is 0.309 e. The third-order valence-corrected chi connectivity index (χ3v) is 3.24. The van der Waals surface area contributed by atoms with E-state index in [1.54, 1.807) is 24.3 Å². The van der Waals surface area contributed by atoms with Crippen LogP contribution in [-0.4, -0.2) is 44.0 Å². The quantitative estimate of drug-likeness (QED) is 0.588. The van der Waals surface area contributed by atoms with E-state index in [4.69, 9.17) is 4.74 Å². The number of fused-ring (bicyclic) bond motifs is 1. The lowest BCUT2D eigenvalue weighted by molar-refractivity contribution is -0.148. The summed E-state index contributed by atoms with van der Waals surface area (Å²) in [6, 6.07) is 6.58. The van der Waals surface area contributed by atoms with E-state index in [1.807, 2.05) is 0 Å². The molecular weight excluding hydrogens is 288 g/mol. The number of hydrogen-bond donors (Lipinski definition) is 0. The zero-order chi connectivity index (χ0) is 15.5. The Kier molecular flexibility index (Phi) is 3.65. The van der Waals surface area contributed by atoms with E-state index in [1.165, 1.54) is 17.3 Å². The number of amides is 2. The van der Waals surface area contributed by atoms with Gasteiger partial charge in [-0.2, -0.15) is 5.10 Å². The van der Waals surface area contributed by atoms with Crippen LogP contribution in [0, 0.1) is 0 Å². The summed E-state index contributed by atoms with van der Waals surface area (Å²) in [5.74, 6) is -1.29. The van der Waals surface area contributed by atoms with Gasteiger partial charge in [0.1, 0.15) is 12.7 Å². The number of ether oxygens (including phenoxy) is 1. The third kappa shape index (κ3) is 2.58. The summed E-state index contributed by atoms with van der Waals surface area (Å²) in [6.45, 7) is -0.0660. The van der Waals surface area contributed by atoms with Crippen LogP contribution in [0.15, 0.2) is 36.9 Å². The van der Waals surface area contributed by atoms with Gasteiger partial charge in [0.2, 0.25) is 0 Å². The number of aromatic nitrogens is 3.